The lowest BCUT2D eigenvalue weighted by Gasteiger charge is -2.17. The predicted molar refractivity (Wildman–Crippen MR) is 97.0 cm³/mol. The molecule has 0 saturated carbocycles. The highest BCUT2D eigenvalue weighted by Gasteiger charge is 2.22. The minimum absolute atomic E-state index is 0.0883. The topological polar surface area (TPSA) is 106 Å². The van der Waals surface area contributed by atoms with Crippen molar-refractivity contribution >= 4 is 21.7 Å². The molecule has 0 spiro atoms. The molecule has 3 N–H and O–H groups in total. The third-order valence-corrected chi connectivity index (χ3v) is 4.68. The molecule has 2 rings (SSSR count). The summed E-state index contributed by atoms with van der Waals surface area (Å²) in [6.45, 7) is 1.59. The van der Waals surface area contributed by atoms with Crippen LogP contribution in [0.4, 0.5) is 0 Å². The van der Waals surface area contributed by atoms with Crippen molar-refractivity contribution in [2.24, 2.45) is 5.73 Å². The van der Waals surface area contributed by atoms with Gasteiger partial charge in [-0.15, -0.1) is 0 Å². The van der Waals surface area contributed by atoms with Crippen LogP contribution < -0.4 is 11.1 Å². The van der Waals surface area contributed by atoms with Crippen molar-refractivity contribution in [1.82, 2.24) is 5.32 Å². The maximum atomic E-state index is 12.7. The number of primary amides is 1. The molecule has 2 aromatic rings. The lowest BCUT2D eigenvalue weighted by atomic mass is 9.94. The molecule has 0 aromatic heterocycles. The van der Waals surface area contributed by atoms with Crippen molar-refractivity contribution in [3.05, 3.63) is 59.7 Å². The Kier molecular flexibility index (Phi) is 5.58. The Balaban J connectivity index is 2.47. The Morgan fingerprint density at radius 3 is 2.28 bits per heavy atom. The second kappa shape index (κ2) is 7.48. The molecule has 0 saturated heterocycles. The number of amides is 2. The van der Waals surface area contributed by atoms with Gasteiger partial charge in [0.15, 0.2) is 0 Å². The third kappa shape index (κ3) is 4.90. The van der Waals surface area contributed by atoms with E-state index in [1.807, 2.05) is 30.3 Å². The highest BCUT2D eigenvalue weighted by atomic mass is 32.2. The normalized spacial score (nSPS) is 12.4. The molecule has 132 valence electrons. The number of carbonyl (C=O) groups is 2. The molecule has 0 fully saturated rings. The molecule has 1 unspecified atom stereocenters. The molecule has 0 aliphatic carbocycles. The van der Waals surface area contributed by atoms with Crippen LogP contribution in [0.15, 0.2) is 48.5 Å². The molecule has 0 aliphatic heterocycles. The summed E-state index contributed by atoms with van der Waals surface area (Å²) in [5, 5.41) is 2.63. The number of benzene rings is 2. The number of sulfone groups is 1. The summed E-state index contributed by atoms with van der Waals surface area (Å²) in [4.78, 5) is 24.5. The van der Waals surface area contributed by atoms with Gasteiger partial charge in [0.1, 0.15) is 9.84 Å². The fourth-order valence-corrected chi connectivity index (χ4v) is 3.64. The van der Waals surface area contributed by atoms with Gasteiger partial charge in [0.05, 0.1) is 16.9 Å². The molecule has 0 radical (unpaired) electrons. The average Bonchev–Trinajstić information content (AvgIpc) is 2.53. The first-order valence-corrected chi connectivity index (χ1v) is 9.72. The largest absolute Gasteiger partial charge is 0.366 e. The zero-order chi connectivity index (χ0) is 18.6. The molecular weight excluding hydrogens is 340 g/mol. The molecule has 1 atom stereocenters. The van der Waals surface area contributed by atoms with Crippen LogP contribution in [0, 0.1) is 0 Å². The zero-order valence-electron chi connectivity index (χ0n) is 14.0. The summed E-state index contributed by atoms with van der Waals surface area (Å²) >= 11 is 0. The van der Waals surface area contributed by atoms with Crippen molar-refractivity contribution in [3.8, 4) is 11.1 Å². The van der Waals surface area contributed by atoms with E-state index >= 15 is 0 Å². The Hall–Kier alpha value is -2.67. The van der Waals surface area contributed by atoms with Crippen molar-refractivity contribution in [3.63, 3.8) is 0 Å². The summed E-state index contributed by atoms with van der Waals surface area (Å²) in [6.07, 6.45) is 1.10. The van der Waals surface area contributed by atoms with Crippen LogP contribution in [-0.4, -0.2) is 38.3 Å². The van der Waals surface area contributed by atoms with E-state index in [0.717, 1.165) is 11.8 Å². The summed E-state index contributed by atoms with van der Waals surface area (Å²) in [6, 6.07) is 13.4. The fraction of sp³-hybridized carbons (Fsp3) is 0.222. The molecule has 0 aliphatic rings. The van der Waals surface area contributed by atoms with Crippen molar-refractivity contribution in [2.75, 3.05) is 12.0 Å². The first-order valence-electron chi connectivity index (χ1n) is 7.66. The summed E-state index contributed by atoms with van der Waals surface area (Å²) in [5.74, 6) is -1.46. The van der Waals surface area contributed by atoms with Crippen LogP contribution in [-0.2, 0) is 9.84 Å². The van der Waals surface area contributed by atoms with Gasteiger partial charge in [0, 0.05) is 12.3 Å². The van der Waals surface area contributed by atoms with Crippen molar-refractivity contribution < 1.29 is 18.0 Å². The smallest absolute Gasteiger partial charge is 0.252 e. The second-order valence-corrected chi connectivity index (χ2v) is 8.11. The number of hydrogen-bond donors (Lipinski definition) is 2. The molecule has 25 heavy (non-hydrogen) atoms. The van der Waals surface area contributed by atoms with E-state index in [-0.39, 0.29) is 16.9 Å². The first kappa shape index (κ1) is 18.7. The van der Waals surface area contributed by atoms with Gasteiger partial charge in [-0.05, 0) is 24.1 Å². The van der Waals surface area contributed by atoms with Gasteiger partial charge >= 0.3 is 0 Å². The van der Waals surface area contributed by atoms with Crippen LogP contribution in [0.25, 0.3) is 11.1 Å². The lowest BCUT2D eigenvalue weighted by molar-refractivity contribution is 0.0928. The van der Waals surface area contributed by atoms with Gasteiger partial charge < -0.3 is 11.1 Å². The minimum atomic E-state index is -3.25. The summed E-state index contributed by atoms with van der Waals surface area (Å²) in [5.41, 5.74) is 6.96. The number of hydrogen-bond acceptors (Lipinski definition) is 4. The van der Waals surface area contributed by atoms with Crippen LogP contribution in [0.1, 0.15) is 27.6 Å². The van der Waals surface area contributed by atoms with Crippen LogP contribution in [0.5, 0.6) is 0 Å². The van der Waals surface area contributed by atoms with E-state index in [9.17, 15) is 18.0 Å². The highest BCUT2D eigenvalue weighted by Crippen LogP contribution is 2.26. The Morgan fingerprint density at radius 2 is 1.72 bits per heavy atom. The Bertz CT molecular complexity index is 893. The van der Waals surface area contributed by atoms with Crippen LogP contribution in [0.3, 0.4) is 0 Å². The van der Waals surface area contributed by atoms with Crippen LogP contribution in [0.2, 0.25) is 0 Å². The lowest BCUT2D eigenvalue weighted by Crippen LogP contribution is -2.38. The molecule has 0 heterocycles. The van der Waals surface area contributed by atoms with Crippen molar-refractivity contribution in [1.29, 1.82) is 0 Å². The number of nitrogens with one attached hydrogen (secondary N) is 1. The SMILES string of the molecule is CC(CS(C)(=O)=O)NC(=O)c1c(C(N)=O)cccc1-c1ccccc1. The zero-order valence-corrected chi connectivity index (χ0v) is 14.8. The minimum Gasteiger partial charge on any atom is -0.366 e. The first-order chi connectivity index (χ1) is 11.7. The van der Waals surface area contributed by atoms with E-state index in [0.29, 0.717) is 5.56 Å². The number of rotatable bonds is 6. The van der Waals surface area contributed by atoms with Gasteiger partial charge in [0.25, 0.3) is 5.91 Å². The molecular formula is C18H20N2O4S. The number of nitrogens with two attached hydrogens (primary N) is 1. The van der Waals surface area contributed by atoms with E-state index in [4.69, 9.17) is 5.73 Å². The van der Waals surface area contributed by atoms with Gasteiger partial charge in [-0.25, -0.2) is 8.42 Å². The van der Waals surface area contributed by atoms with E-state index < -0.39 is 27.7 Å². The number of carbonyl (C=O) groups excluding carboxylic acids is 2. The van der Waals surface area contributed by atoms with Gasteiger partial charge in [-0.3, -0.25) is 9.59 Å². The van der Waals surface area contributed by atoms with Gasteiger partial charge in [-0.2, -0.15) is 0 Å². The summed E-state index contributed by atoms with van der Waals surface area (Å²) in [7, 11) is -3.25. The van der Waals surface area contributed by atoms with E-state index in [2.05, 4.69) is 5.32 Å². The monoisotopic (exact) mass is 360 g/mol. The fourth-order valence-electron chi connectivity index (χ4n) is 2.65. The highest BCUT2D eigenvalue weighted by molar-refractivity contribution is 7.90. The maximum absolute atomic E-state index is 12.7. The Labute approximate surface area is 147 Å². The van der Waals surface area contributed by atoms with E-state index in [1.54, 1.807) is 19.1 Å². The maximum Gasteiger partial charge on any atom is 0.252 e. The average molecular weight is 360 g/mol. The van der Waals surface area contributed by atoms with Gasteiger partial charge in [0.2, 0.25) is 5.91 Å². The van der Waals surface area contributed by atoms with E-state index in [1.165, 1.54) is 6.07 Å². The molecule has 7 heteroatoms. The molecule has 2 aromatic carbocycles. The predicted octanol–water partition coefficient (Wildman–Crippen LogP) is 1.62. The van der Waals surface area contributed by atoms with Crippen LogP contribution >= 0.6 is 0 Å². The molecule has 2 amide bonds. The molecule has 6 nitrogen and oxygen atoms in total. The standard InChI is InChI=1S/C18H20N2O4S/c1-12(11-25(2,23)24)20-18(22)16-14(13-7-4-3-5-8-13)9-6-10-15(16)17(19)21/h3-10,12H,11H2,1-2H3,(H2,19,21)(H,20,22). The second-order valence-electron chi connectivity index (χ2n) is 5.93. The van der Waals surface area contributed by atoms with Crippen molar-refractivity contribution in [2.45, 2.75) is 13.0 Å². The Morgan fingerprint density at radius 1 is 1.08 bits per heavy atom. The third-order valence-electron chi connectivity index (χ3n) is 3.57. The quantitative estimate of drug-likeness (QED) is 0.816. The summed E-state index contributed by atoms with van der Waals surface area (Å²) < 4.78 is 22.8. The van der Waals surface area contributed by atoms with Gasteiger partial charge in [-0.1, -0.05) is 42.5 Å². The molecule has 0 bridgehead atoms.